The van der Waals surface area contributed by atoms with E-state index in [-0.39, 0.29) is 5.82 Å². The Hall–Kier alpha value is -1.75. The third-order valence-corrected chi connectivity index (χ3v) is 2.86. The Labute approximate surface area is 107 Å². The Bertz CT molecular complexity index is 558. The monoisotopic (exact) mass is 292 g/mol. The topological polar surface area (TPSA) is 52.1 Å². The first-order valence-electron chi connectivity index (χ1n) is 4.88. The standard InChI is InChI=1S/C12H9BrN2O2/c1-17-12(16)11-14-7-6-10(15-11)8-4-2-3-5-9(8)13/h2-7H,1H3. The quantitative estimate of drug-likeness (QED) is 0.799. The molecule has 0 radical (unpaired) electrons. The van der Waals surface area contributed by atoms with Crippen molar-refractivity contribution in [2.24, 2.45) is 0 Å². The fraction of sp³-hybridized carbons (Fsp3) is 0.0833. The van der Waals surface area contributed by atoms with Crippen LogP contribution in [0.25, 0.3) is 11.3 Å². The Balaban J connectivity index is 2.47. The highest BCUT2D eigenvalue weighted by molar-refractivity contribution is 9.10. The zero-order valence-corrected chi connectivity index (χ0v) is 10.6. The molecule has 0 spiro atoms. The number of nitrogens with zero attached hydrogens (tertiary/aromatic N) is 2. The van der Waals surface area contributed by atoms with Crippen molar-refractivity contribution in [1.29, 1.82) is 0 Å². The first-order chi connectivity index (χ1) is 8.22. The lowest BCUT2D eigenvalue weighted by Crippen LogP contribution is -2.07. The van der Waals surface area contributed by atoms with Crippen LogP contribution in [0.3, 0.4) is 0 Å². The summed E-state index contributed by atoms with van der Waals surface area (Å²) in [7, 11) is 1.30. The van der Waals surface area contributed by atoms with Gasteiger partial charge in [0.1, 0.15) is 0 Å². The van der Waals surface area contributed by atoms with Gasteiger partial charge in [0.15, 0.2) is 0 Å². The molecule has 0 saturated heterocycles. The summed E-state index contributed by atoms with van der Waals surface area (Å²) in [5.41, 5.74) is 1.58. The van der Waals surface area contributed by atoms with Crippen LogP contribution in [0.4, 0.5) is 0 Å². The fourth-order valence-electron chi connectivity index (χ4n) is 1.37. The summed E-state index contributed by atoms with van der Waals surface area (Å²) in [4.78, 5) is 19.3. The highest BCUT2D eigenvalue weighted by Crippen LogP contribution is 2.25. The van der Waals surface area contributed by atoms with Crippen molar-refractivity contribution in [1.82, 2.24) is 9.97 Å². The van der Waals surface area contributed by atoms with Crippen LogP contribution >= 0.6 is 15.9 Å². The number of hydrogen-bond acceptors (Lipinski definition) is 4. The molecule has 1 aromatic carbocycles. The molecule has 0 unspecified atom stereocenters. The lowest BCUT2D eigenvalue weighted by molar-refractivity contribution is 0.0587. The number of carbonyl (C=O) groups excluding carboxylic acids is 1. The van der Waals surface area contributed by atoms with Crippen molar-refractivity contribution in [3.8, 4) is 11.3 Å². The van der Waals surface area contributed by atoms with E-state index in [0.717, 1.165) is 10.0 Å². The van der Waals surface area contributed by atoms with Crippen molar-refractivity contribution in [3.05, 3.63) is 46.8 Å². The van der Waals surface area contributed by atoms with Gasteiger partial charge in [-0.05, 0) is 12.1 Å². The average molecular weight is 293 g/mol. The van der Waals surface area contributed by atoms with Gasteiger partial charge in [0.05, 0.1) is 12.8 Å². The van der Waals surface area contributed by atoms with Crippen LogP contribution in [0.2, 0.25) is 0 Å². The number of rotatable bonds is 2. The number of carbonyl (C=O) groups is 1. The Morgan fingerprint density at radius 2 is 2.06 bits per heavy atom. The van der Waals surface area contributed by atoms with Crippen LogP contribution < -0.4 is 0 Å². The molecule has 0 fully saturated rings. The van der Waals surface area contributed by atoms with E-state index in [1.807, 2.05) is 24.3 Å². The summed E-state index contributed by atoms with van der Waals surface area (Å²) in [6, 6.07) is 9.38. The van der Waals surface area contributed by atoms with Gasteiger partial charge in [0.25, 0.3) is 0 Å². The zero-order chi connectivity index (χ0) is 12.3. The molecule has 0 aliphatic heterocycles. The van der Waals surface area contributed by atoms with Crippen LogP contribution in [-0.2, 0) is 4.74 Å². The molecule has 0 aliphatic carbocycles. The highest BCUT2D eigenvalue weighted by Gasteiger charge is 2.11. The number of halogens is 1. The minimum absolute atomic E-state index is 0.0563. The minimum Gasteiger partial charge on any atom is -0.463 e. The molecule has 0 bridgehead atoms. The van der Waals surface area contributed by atoms with Crippen molar-refractivity contribution in [2.45, 2.75) is 0 Å². The van der Waals surface area contributed by atoms with E-state index >= 15 is 0 Å². The van der Waals surface area contributed by atoms with Gasteiger partial charge in [-0.15, -0.1) is 0 Å². The average Bonchev–Trinajstić information content (AvgIpc) is 2.38. The molecule has 1 aromatic heterocycles. The third kappa shape index (κ3) is 2.50. The molecule has 0 amide bonds. The summed E-state index contributed by atoms with van der Waals surface area (Å²) in [6.45, 7) is 0. The van der Waals surface area contributed by atoms with Gasteiger partial charge in [0.2, 0.25) is 5.82 Å². The van der Waals surface area contributed by atoms with Gasteiger partial charge in [-0.25, -0.2) is 14.8 Å². The number of esters is 1. The molecule has 2 aromatic rings. The molecule has 5 heteroatoms. The number of benzene rings is 1. The number of methoxy groups -OCH3 is 1. The van der Waals surface area contributed by atoms with E-state index < -0.39 is 5.97 Å². The van der Waals surface area contributed by atoms with Gasteiger partial charge in [-0.1, -0.05) is 34.1 Å². The third-order valence-electron chi connectivity index (χ3n) is 2.17. The van der Waals surface area contributed by atoms with Crippen molar-refractivity contribution in [3.63, 3.8) is 0 Å². The highest BCUT2D eigenvalue weighted by atomic mass is 79.9. The molecule has 0 saturated carbocycles. The maximum absolute atomic E-state index is 11.3. The summed E-state index contributed by atoms with van der Waals surface area (Å²) in [6.07, 6.45) is 1.54. The predicted octanol–water partition coefficient (Wildman–Crippen LogP) is 2.69. The van der Waals surface area contributed by atoms with Crippen LogP contribution in [0.1, 0.15) is 10.6 Å². The van der Waals surface area contributed by atoms with Crippen molar-refractivity contribution < 1.29 is 9.53 Å². The molecule has 0 atom stereocenters. The maximum Gasteiger partial charge on any atom is 0.376 e. The summed E-state index contributed by atoms with van der Waals surface area (Å²) >= 11 is 3.44. The lowest BCUT2D eigenvalue weighted by atomic mass is 10.1. The zero-order valence-electron chi connectivity index (χ0n) is 9.05. The molecule has 0 aliphatic rings. The molecular formula is C12H9BrN2O2. The van der Waals surface area contributed by atoms with Gasteiger partial charge in [-0.3, -0.25) is 0 Å². The van der Waals surface area contributed by atoms with E-state index in [9.17, 15) is 4.79 Å². The first-order valence-corrected chi connectivity index (χ1v) is 5.68. The summed E-state index contributed by atoms with van der Waals surface area (Å²) in [5.74, 6) is -0.486. The van der Waals surface area contributed by atoms with Crippen LogP contribution in [-0.4, -0.2) is 23.0 Å². The minimum atomic E-state index is -0.543. The maximum atomic E-state index is 11.3. The second-order valence-electron chi connectivity index (χ2n) is 3.24. The van der Waals surface area contributed by atoms with Gasteiger partial charge in [0, 0.05) is 16.2 Å². The van der Waals surface area contributed by atoms with E-state index in [1.54, 1.807) is 6.07 Å². The SMILES string of the molecule is COC(=O)c1nccc(-c2ccccc2Br)n1. The number of ether oxygens (including phenoxy) is 1. The Morgan fingerprint density at radius 1 is 1.29 bits per heavy atom. The van der Waals surface area contributed by atoms with E-state index in [2.05, 4.69) is 30.6 Å². The molecule has 86 valence electrons. The smallest absolute Gasteiger partial charge is 0.376 e. The predicted molar refractivity (Wildman–Crippen MR) is 66.5 cm³/mol. The number of aromatic nitrogens is 2. The second kappa shape index (κ2) is 5.05. The molecular weight excluding hydrogens is 284 g/mol. The molecule has 4 nitrogen and oxygen atoms in total. The number of hydrogen-bond donors (Lipinski definition) is 0. The van der Waals surface area contributed by atoms with Gasteiger partial charge < -0.3 is 4.74 Å². The molecule has 1 heterocycles. The van der Waals surface area contributed by atoms with Crippen molar-refractivity contribution >= 4 is 21.9 Å². The second-order valence-corrected chi connectivity index (χ2v) is 4.09. The summed E-state index contributed by atoms with van der Waals surface area (Å²) in [5, 5.41) is 0. The normalized spacial score (nSPS) is 10.0. The van der Waals surface area contributed by atoms with E-state index in [1.165, 1.54) is 13.3 Å². The lowest BCUT2D eigenvalue weighted by Gasteiger charge is -2.04. The fourth-order valence-corrected chi connectivity index (χ4v) is 1.86. The molecule has 0 N–H and O–H groups in total. The van der Waals surface area contributed by atoms with E-state index in [4.69, 9.17) is 0 Å². The van der Waals surface area contributed by atoms with Crippen LogP contribution in [0.5, 0.6) is 0 Å². The van der Waals surface area contributed by atoms with Crippen LogP contribution in [0, 0.1) is 0 Å². The molecule has 17 heavy (non-hydrogen) atoms. The van der Waals surface area contributed by atoms with Crippen LogP contribution in [0.15, 0.2) is 41.0 Å². The molecule has 2 rings (SSSR count). The van der Waals surface area contributed by atoms with Gasteiger partial charge in [-0.2, -0.15) is 0 Å². The largest absolute Gasteiger partial charge is 0.463 e. The first kappa shape index (κ1) is 11.7. The van der Waals surface area contributed by atoms with Gasteiger partial charge >= 0.3 is 5.97 Å². The Kier molecular flexibility index (Phi) is 3.49. The summed E-state index contributed by atoms with van der Waals surface area (Å²) < 4.78 is 5.49. The van der Waals surface area contributed by atoms with E-state index in [0.29, 0.717) is 5.69 Å². The Morgan fingerprint density at radius 3 is 2.76 bits per heavy atom. The van der Waals surface area contributed by atoms with Crippen molar-refractivity contribution in [2.75, 3.05) is 7.11 Å².